The average molecular weight is 721 g/mol. The van der Waals surface area contributed by atoms with Gasteiger partial charge in [-0.25, -0.2) is 4.68 Å². The second-order valence-corrected chi connectivity index (χ2v) is 14.7. The quantitative estimate of drug-likeness (QED) is 0.0948. The number of carbonyl (C=O) groups excluding carboxylic acids is 1. The minimum Gasteiger partial charge on any atom is -0.469 e. The molecule has 3 aromatic carbocycles. The Bertz CT molecular complexity index is 1770. The van der Waals surface area contributed by atoms with E-state index in [1.165, 1.54) is 28.4 Å². The van der Waals surface area contributed by atoms with Gasteiger partial charge >= 0.3 is 0 Å². The molecule has 0 bridgehead atoms. The van der Waals surface area contributed by atoms with Crippen LogP contribution in [0.2, 0.25) is 15.1 Å². The summed E-state index contributed by atoms with van der Waals surface area (Å²) >= 11 is 25.4. The van der Waals surface area contributed by atoms with Crippen LogP contribution in [0.3, 0.4) is 0 Å². The van der Waals surface area contributed by atoms with Gasteiger partial charge in [-0.05, 0) is 72.1 Å². The Morgan fingerprint density at radius 2 is 1.57 bits per heavy atom. The number of benzene rings is 3. The molecular formula is C36H42Cl4N4O3. The third kappa shape index (κ3) is 8.50. The summed E-state index contributed by atoms with van der Waals surface area (Å²) in [5, 5.41) is 9.39. The van der Waals surface area contributed by atoms with E-state index in [9.17, 15) is 9.59 Å². The molecule has 2 atom stereocenters. The van der Waals surface area contributed by atoms with Crippen LogP contribution in [0.15, 0.2) is 65.5 Å². The molecule has 11 heteroatoms. The maximum absolute atomic E-state index is 13.6. The highest BCUT2D eigenvalue weighted by molar-refractivity contribution is 6.40. The first-order chi connectivity index (χ1) is 22.1. The molecule has 1 amide bonds. The molecule has 4 aromatic rings. The molecule has 1 heterocycles. The first-order valence-corrected chi connectivity index (χ1v) is 17.3. The minimum absolute atomic E-state index is 0.00773. The van der Waals surface area contributed by atoms with Gasteiger partial charge in [-0.3, -0.25) is 14.7 Å². The van der Waals surface area contributed by atoms with Crippen LogP contribution in [-0.4, -0.2) is 27.3 Å². The molecule has 0 spiro atoms. The summed E-state index contributed by atoms with van der Waals surface area (Å²) in [5.74, 6) is 0.702. The lowest BCUT2D eigenvalue weighted by Gasteiger charge is -2.32. The number of amides is 1. The van der Waals surface area contributed by atoms with Crippen LogP contribution >= 0.6 is 46.4 Å². The fourth-order valence-electron chi connectivity index (χ4n) is 5.00. The molecule has 0 saturated heterocycles. The van der Waals surface area contributed by atoms with Crippen molar-refractivity contribution < 1.29 is 9.53 Å². The molecule has 0 saturated carbocycles. The van der Waals surface area contributed by atoms with Gasteiger partial charge in [-0.2, -0.15) is 0 Å². The van der Waals surface area contributed by atoms with Crippen molar-refractivity contribution in [2.75, 3.05) is 5.32 Å². The Labute approximate surface area is 296 Å². The number of nitrogens with one attached hydrogen (secondary N) is 3. The number of aromatic nitrogens is 2. The summed E-state index contributed by atoms with van der Waals surface area (Å²) in [6.45, 7) is 15.2. The molecule has 47 heavy (non-hydrogen) atoms. The predicted molar refractivity (Wildman–Crippen MR) is 196 cm³/mol. The molecule has 4 rings (SSSR count). The Hall–Kier alpha value is -3.10. The van der Waals surface area contributed by atoms with Crippen molar-refractivity contribution in [1.82, 2.24) is 15.1 Å². The highest BCUT2D eigenvalue weighted by Crippen LogP contribution is 2.39. The highest BCUT2D eigenvalue weighted by Gasteiger charge is 2.30. The summed E-state index contributed by atoms with van der Waals surface area (Å²) in [6, 6.07) is 17.6. The number of carbonyl (C=O) groups is 1. The number of hydrogen-bond donors (Lipinski definition) is 3. The molecule has 0 aliphatic rings. The third-order valence-corrected chi connectivity index (χ3v) is 10.2. The molecule has 252 valence electrons. The second kappa shape index (κ2) is 15.0. The van der Waals surface area contributed by atoms with Gasteiger partial charge < -0.3 is 15.4 Å². The van der Waals surface area contributed by atoms with E-state index in [0.29, 0.717) is 34.3 Å². The first-order valence-electron chi connectivity index (χ1n) is 15.7. The van der Waals surface area contributed by atoms with E-state index < -0.39 is 17.2 Å². The summed E-state index contributed by atoms with van der Waals surface area (Å²) in [4.78, 5) is 26.4. The van der Waals surface area contributed by atoms with Crippen molar-refractivity contribution in [1.29, 1.82) is 0 Å². The van der Waals surface area contributed by atoms with Crippen LogP contribution in [0.5, 0.6) is 5.75 Å². The number of alkyl halides is 1. The zero-order valence-electron chi connectivity index (χ0n) is 27.7. The van der Waals surface area contributed by atoms with Crippen LogP contribution in [0.1, 0.15) is 89.2 Å². The largest absolute Gasteiger partial charge is 0.469 e. The number of rotatable bonds is 13. The van der Waals surface area contributed by atoms with Crippen molar-refractivity contribution in [2.24, 2.45) is 0 Å². The van der Waals surface area contributed by atoms with Gasteiger partial charge in [0.25, 0.3) is 11.5 Å². The molecule has 2 unspecified atom stereocenters. The molecule has 0 aliphatic heterocycles. The summed E-state index contributed by atoms with van der Waals surface area (Å²) in [6.07, 6.45) is 1.69. The van der Waals surface area contributed by atoms with Crippen molar-refractivity contribution in [3.63, 3.8) is 0 Å². The lowest BCUT2D eigenvalue weighted by Crippen LogP contribution is -2.45. The molecule has 0 aliphatic carbocycles. The Kier molecular flexibility index (Phi) is 11.7. The normalized spacial score (nSPS) is 13.3. The standard InChI is InChI=1S/C36H42Cl4N4O3/c1-8-26(38)34(47-29-15-14-22(35(4,5)9-2)17-25(29)36(6,7)10-3)42-33(46)21-12-11-13-24(16-21)41-30-20-31(45)44(43-30)32-27(39)18-23(37)19-28(32)40/h11-20,26,34,41,43H,8-10H2,1-7H3,(H,42,46). The fourth-order valence-corrected chi connectivity index (χ4v) is 6.10. The Morgan fingerprint density at radius 1 is 0.915 bits per heavy atom. The number of aromatic amines is 1. The first kappa shape index (κ1) is 36.7. The highest BCUT2D eigenvalue weighted by atomic mass is 35.5. The van der Waals surface area contributed by atoms with Gasteiger partial charge in [0.15, 0.2) is 6.23 Å². The van der Waals surface area contributed by atoms with E-state index in [1.807, 2.05) is 13.0 Å². The van der Waals surface area contributed by atoms with E-state index in [-0.39, 0.29) is 32.5 Å². The number of hydrogen-bond acceptors (Lipinski definition) is 4. The third-order valence-electron chi connectivity index (χ3n) is 8.83. The number of nitrogens with zero attached hydrogens (tertiary/aromatic N) is 1. The van der Waals surface area contributed by atoms with E-state index in [2.05, 4.69) is 69.4 Å². The predicted octanol–water partition coefficient (Wildman–Crippen LogP) is 10.4. The van der Waals surface area contributed by atoms with Crippen LogP contribution in [0.25, 0.3) is 5.69 Å². The number of anilines is 2. The number of ether oxygens (including phenoxy) is 1. The molecule has 0 radical (unpaired) electrons. The van der Waals surface area contributed by atoms with Crippen LogP contribution in [-0.2, 0) is 10.8 Å². The van der Waals surface area contributed by atoms with Gasteiger partial charge in [-0.15, -0.1) is 11.6 Å². The van der Waals surface area contributed by atoms with Gasteiger partial charge in [0.2, 0.25) is 0 Å². The van der Waals surface area contributed by atoms with Gasteiger partial charge in [0.1, 0.15) is 17.3 Å². The van der Waals surface area contributed by atoms with E-state index in [4.69, 9.17) is 51.1 Å². The van der Waals surface area contributed by atoms with Crippen molar-refractivity contribution in [2.45, 2.75) is 90.2 Å². The molecule has 7 nitrogen and oxygen atoms in total. The fraction of sp³-hybridized carbons (Fsp3) is 0.389. The van der Waals surface area contributed by atoms with Crippen LogP contribution in [0.4, 0.5) is 11.5 Å². The Balaban J connectivity index is 1.58. The van der Waals surface area contributed by atoms with E-state index >= 15 is 0 Å². The van der Waals surface area contributed by atoms with Gasteiger partial charge in [0, 0.05) is 27.9 Å². The van der Waals surface area contributed by atoms with Gasteiger partial charge in [0.05, 0.1) is 15.4 Å². The smallest absolute Gasteiger partial charge is 0.273 e. The zero-order valence-corrected chi connectivity index (χ0v) is 30.8. The average Bonchev–Trinajstić information content (AvgIpc) is 3.38. The minimum atomic E-state index is -0.790. The second-order valence-electron chi connectivity index (χ2n) is 12.9. The number of H-pyrrole nitrogens is 1. The summed E-state index contributed by atoms with van der Waals surface area (Å²) < 4.78 is 7.76. The maximum atomic E-state index is 13.6. The SMILES string of the molecule is CCC(Cl)C(NC(=O)c1cccc(Nc2cc(=O)n(-c3c(Cl)cc(Cl)cc3Cl)[nH]2)c1)Oc1ccc(C(C)(C)CC)cc1C(C)(C)CC. The topological polar surface area (TPSA) is 88.2 Å². The Morgan fingerprint density at radius 3 is 2.19 bits per heavy atom. The summed E-state index contributed by atoms with van der Waals surface area (Å²) in [5.41, 5.74) is 2.98. The van der Waals surface area contributed by atoms with Crippen LogP contribution < -0.4 is 20.9 Å². The molecule has 1 aromatic heterocycles. The van der Waals surface area contributed by atoms with E-state index in [1.54, 1.807) is 24.3 Å². The molecule has 3 N–H and O–H groups in total. The van der Waals surface area contributed by atoms with Crippen LogP contribution in [0, 0.1) is 0 Å². The van der Waals surface area contributed by atoms with E-state index in [0.717, 1.165) is 18.4 Å². The van der Waals surface area contributed by atoms with Gasteiger partial charge in [-0.1, -0.05) is 101 Å². The van der Waals surface area contributed by atoms with Crippen molar-refractivity contribution >= 4 is 63.8 Å². The molecular weight excluding hydrogens is 678 g/mol. The lowest BCUT2D eigenvalue weighted by atomic mass is 9.76. The zero-order chi connectivity index (χ0) is 34.7. The van der Waals surface area contributed by atoms with Crippen molar-refractivity contribution in [3.05, 3.63) is 103 Å². The molecule has 0 fully saturated rings. The lowest BCUT2D eigenvalue weighted by molar-refractivity contribution is 0.0816. The number of halogens is 4. The maximum Gasteiger partial charge on any atom is 0.273 e. The summed E-state index contributed by atoms with van der Waals surface area (Å²) in [7, 11) is 0. The monoisotopic (exact) mass is 718 g/mol. The van der Waals surface area contributed by atoms with Crippen molar-refractivity contribution in [3.8, 4) is 11.4 Å².